The van der Waals surface area contributed by atoms with Gasteiger partial charge in [0.25, 0.3) is 0 Å². The van der Waals surface area contributed by atoms with Gasteiger partial charge < -0.3 is 0 Å². The second-order valence-electron chi connectivity index (χ2n) is 3.80. The summed E-state index contributed by atoms with van der Waals surface area (Å²) >= 11 is 2.77. The van der Waals surface area contributed by atoms with Gasteiger partial charge in [-0.2, -0.15) is 0 Å². The van der Waals surface area contributed by atoms with Crippen LogP contribution in [-0.4, -0.2) is 0 Å². The van der Waals surface area contributed by atoms with Gasteiger partial charge >= 0.3 is 79.2 Å². The fourth-order valence-electron chi connectivity index (χ4n) is 1.54. The molecule has 3 heteroatoms. The zero-order chi connectivity index (χ0) is 8.81. The Kier molecular flexibility index (Phi) is 7.30. The van der Waals surface area contributed by atoms with E-state index in [1.165, 1.54) is 20.9 Å². The standard InChI is InChI=1S/C10H15.2HI.Ru/c1-7-6-10(4,5)9(3)8(7)2;;;/h1-5H3;2*1H;. The van der Waals surface area contributed by atoms with Gasteiger partial charge in [-0.1, -0.05) is 0 Å². The molecule has 0 heterocycles. The van der Waals surface area contributed by atoms with Gasteiger partial charge in [-0.3, -0.25) is 0 Å². The van der Waals surface area contributed by atoms with Gasteiger partial charge in [0, 0.05) is 0 Å². The quantitative estimate of drug-likeness (QED) is 0.347. The molecule has 0 saturated carbocycles. The zero-order valence-electron chi connectivity index (χ0n) is 8.67. The van der Waals surface area contributed by atoms with Crippen molar-refractivity contribution in [3.05, 3.63) is 20.9 Å². The van der Waals surface area contributed by atoms with Gasteiger partial charge in [-0.15, -0.1) is 48.0 Å². The van der Waals surface area contributed by atoms with Crippen molar-refractivity contribution in [1.29, 1.82) is 0 Å². The molecule has 0 radical (unpaired) electrons. The fourth-order valence-corrected chi connectivity index (χ4v) is 2.19. The summed E-state index contributed by atoms with van der Waals surface area (Å²) in [5, 5.41) is 0. The first-order chi connectivity index (χ1) is 4.89. The van der Waals surface area contributed by atoms with E-state index in [4.69, 9.17) is 0 Å². The summed E-state index contributed by atoms with van der Waals surface area (Å²) in [5.74, 6) is 0. The Labute approximate surface area is 126 Å². The summed E-state index contributed by atoms with van der Waals surface area (Å²) < 4.78 is 1.46. The Balaban J connectivity index is 0. The average Bonchev–Trinajstić information content (AvgIpc) is 2.06. The molecule has 1 aliphatic carbocycles. The molecule has 0 spiro atoms. The van der Waals surface area contributed by atoms with Crippen LogP contribution in [0, 0.1) is 5.41 Å². The molecule has 0 atom stereocenters. The molecule has 79 valence electrons. The van der Waals surface area contributed by atoms with Crippen molar-refractivity contribution in [3.8, 4) is 0 Å². The summed E-state index contributed by atoms with van der Waals surface area (Å²) in [5.41, 5.74) is 4.74. The summed E-state index contributed by atoms with van der Waals surface area (Å²) in [4.78, 5) is 0. The third-order valence-corrected chi connectivity index (χ3v) is 4.65. The fraction of sp³-hybridized carbons (Fsp3) is 0.600. The predicted octanol–water partition coefficient (Wildman–Crippen LogP) is 4.42. The summed E-state index contributed by atoms with van der Waals surface area (Å²) in [6.07, 6.45) is 0. The Morgan fingerprint density at radius 1 is 0.923 bits per heavy atom. The Morgan fingerprint density at radius 3 is 1.38 bits per heavy atom. The van der Waals surface area contributed by atoms with Crippen LogP contribution < -0.4 is 0 Å². The molecule has 1 rings (SSSR count). The van der Waals surface area contributed by atoms with Gasteiger partial charge in [-0.25, -0.2) is 0 Å². The monoisotopic (exact) mass is 493 g/mol. The van der Waals surface area contributed by atoms with Crippen LogP contribution in [0.25, 0.3) is 0 Å². The van der Waals surface area contributed by atoms with E-state index in [0.29, 0.717) is 0 Å². The Hall–Kier alpha value is 1.56. The van der Waals surface area contributed by atoms with Crippen molar-refractivity contribution in [3.63, 3.8) is 0 Å². The van der Waals surface area contributed by atoms with Crippen molar-refractivity contribution in [2.45, 2.75) is 34.6 Å². The van der Waals surface area contributed by atoms with Crippen LogP contribution in [0.1, 0.15) is 34.6 Å². The van der Waals surface area contributed by atoms with E-state index in [2.05, 4.69) is 52.9 Å². The molecule has 0 aromatic carbocycles. The molecule has 0 aromatic rings. The van der Waals surface area contributed by atoms with E-state index in [9.17, 15) is 0 Å². The molecule has 0 nitrogen and oxygen atoms in total. The second-order valence-corrected chi connectivity index (χ2v) is 4.67. The van der Waals surface area contributed by atoms with Crippen molar-refractivity contribution in [1.82, 2.24) is 0 Å². The first kappa shape index (κ1) is 17.0. The van der Waals surface area contributed by atoms with Gasteiger partial charge in [0.05, 0.1) is 0 Å². The van der Waals surface area contributed by atoms with E-state index < -0.39 is 0 Å². The van der Waals surface area contributed by atoms with Crippen LogP contribution in [0.3, 0.4) is 0 Å². The molecule has 0 aliphatic heterocycles. The molecule has 0 saturated heterocycles. The van der Waals surface area contributed by atoms with Crippen LogP contribution in [0.4, 0.5) is 0 Å². The van der Waals surface area contributed by atoms with Gasteiger partial charge in [0.15, 0.2) is 0 Å². The van der Waals surface area contributed by atoms with E-state index >= 15 is 0 Å². The Morgan fingerprint density at radius 2 is 1.31 bits per heavy atom. The number of halogens is 2. The van der Waals surface area contributed by atoms with Crippen LogP contribution >= 0.6 is 48.0 Å². The summed E-state index contributed by atoms with van der Waals surface area (Å²) in [6, 6.07) is 0. The normalized spacial score (nSPS) is 19.8. The molecule has 0 N–H and O–H groups in total. The first-order valence-electron chi connectivity index (χ1n) is 3.93. The minimum atomic E-state index is 0. The number of rotatable bonds is 0. The van der Waals surface area contributed by atoms with Crippen LogP contribution in [0.15, 0.2) is 20.9 Å². The van der Waals surface area contributed by atoms with E-state index in [0.717, 1.165) is 0 Å². The van der Waals surface area contributed by atoms with Crippen LogP contribution in [-0.2, 0) is 18.3 Å². The molecule has 13 heavy (non-hydrogen) atoms. The summed E-state index contributed by atoms with van der Waals surface area (Å²) in [6.45, 7) is 11.2. The second kappa shape index (κ2) is 5.59. The summed E-state index contributed by atoms with van der Waals surface area (Å²) in [7, 11) is 0. The van der Waals surface area contributed by atoms with Gasteiger partial charge in [0.1, 0.15) is 0 Å². The van der Waals surface area contributed by atoms with E-state index in [1.54, 1.807) is 0 Å². The first-order valence-corrected chi connectivity index (χ1v) is 4.80. The SMILES string of the molecule is CC1=C(C)C(C)(C)[C]([Ru])=C1C.I.I. The minimum Gasteiger partial charge on any atom is -0.107 e. The molecule has 0 bridgehead atoms. The average molecular weight is 492 g/mol. The largest absolute Gasteiger partial charge is 0.107 e. The molecule has 0 aromatic heterocycles. The molecule has 0 unspecified atom stereocenters. The number of hydrogen-bond acceptors (Lipinski definition) is 0. The maximum atomic E-state index is 2.77. The maximum absolute atomic E-state index is 2.77. The maximum Gasteiger partial charge on any atom is -0.107 e. The zero-order valence-corrected chi connectivity index (χ0v) is 15.1. The van der Waals surface area contributed by atoms with Crippen molar-refractivity contribution >= 4 is 48.0 Å². The molecular formula is C10H17I2Ru. The Bertz CT molecular complexity index is 236. The molecular weight excluding hydrogens is 475 g/mol. The minimum absolute atomic E-state index is 0. The van der Waals surface area contributed by atoms with Crippen LogP contribution in [0.2, 0.25) is 0 Å². The third-order valence-electron chi connectivity index (χ3n) is 2.92. The van der Waals surface area contributed by atoms with Crippen molar-refractivity contribution < 1.29 is 18.3 Å². The molecule has 0 amide bonds. The van der Waals surface area contributed by atoms with E-state index in [-0.39, 0.29) is 53.4 Å². The van der Waals surface area contributed by atoms with Crippen molar-refractivity contribution in [2.24, 2.45) is 5.41 Å². The van der Waals surface area contributed by atoms with E-state index in [1.807, 2.05) is 0 Å². The van der Waals surface area contributed by atoms with Gasteiger partial charge in [0.2, 0.25) is 0 Å². The smallest absolute Gasteiger partial charge is 0.107 e. The third kappa shape index (κ3) is 2.78. The van der Waals surface area contributed by atoms with Crippen LogP contribution in [0.5, 0.6) is 0 Å². The van der Waals surface area contributed by atoms with Crippen molar-refractivity contribution in [2.75, 3.05) is 0 Å². The predicted molar refractivity (Wildman–Crippen MR) is 75.7 cm³/mol. The van der Waals surface area contributed by atoms with Gasteiger partial charge in [-0.05, 0) is 0 Å². The molecule has 1 aliphatic rings. The number of allylic oxidation sites excluding steroid dienone is 4. The molecule has 0 fully saturated rings. The number of hydrogen-bond donors (Lipinski definition) is 0. The topological polar surface area (TPSA) is 0 Å².